The summed E-state index contributed by atoms with van der Waals surface area (Å²) in [6.07, 6.45) is 1.83. The van der Waals surface area contributed by atoms with Crippen molar-refractivity contribution in [1.82, 2.24) is 9.62 Å². The summed E-state index contributed by atoms with van der Waals surface area (Å²) in [5.41, 5.74) is 0. The Balaban J connectivity index is 1.96. The fraction of sp³-hybridized carbons (Fsp3) is 0.900. The fourth-order valence-electron chi connectivity index (χ4n) is 2.58. The van der Waals surface area contributed by atoms with Crippen molar-refractivity contribution in [2.45, 2.75) is 25.3 Å². The minimum Gasteiger partial charge on any atom is -0.481 e. The number of piperidine rings is 1. The highest BCUT2D eigenvalue weighted by Gasteiger charge is 2.39. The Kier molecular flexibility index (Phi) is 3.70. The van der Waals surface area contributed by atoms with Crippen molar-refractivity contribution in [3.05, 3.63) is 0 Å². The number of nitrogens with one attached hydrogen (secondary N) is 1. The Hall–Kier alpha value is -0.660. The van der Waals surface area contributed by atoms with Gasteiger partial charge in [0, 0.05) is 19.1 Å². The Morgan fingerprint density at radius 1 is 1.41 bits per heavy atom. The van der Waals surface area contributed by atoms with E-state index in [-0.39, 0.29) is 18.2 Å². The molecular weight excluding hydrogens is 244 g/mol. The first-order valence-electron chi connectivity index (χ1n) is 5.92. The third-order valence-corrected chi connectivity index (χ3v) is 5.34. The molecule has 2 N–H and O–H groups in total. The summed E-state index contributed by atoms with van der Waals surface area (Å²) in [5, 5.41) is 11.9. The van der Waals surface area contributed by atoms with Crippen LogP contribution in [0.2, 0.25) is 0 Å². The first kappa shape index (κ1) is 12.8. The molecule has 7 heteroatoms. The van der Waals surface area contributed by atoms with Crippen molar-refractivity contribution in [1.29, 1.82) is 0 Å². The molecule has 0 aromatic heterocycles. The van der Waals surface area contributed by atoms with Crippen LogP contribution in [0.4, 0.5) is 0 Å². The molecule has 2 heterocycles. The normalized spacial score (nSPS) is 30.1. The predicted octanol–water partition coefficient (Wildman–Crippen LogP) is -0.525. The smallest absolute Gasteiger partial charge is 0.304 e. The molecule has 2 aliphatic heterocycles. The van der Waals surface area contributed by atoms with E-state index in [0.717, 1.165) is 19.4 Å². The molecule has 2 fully saturated rings. The fourth-order valence-corrected chi connectivity index (χ4v) is 4.08. The summed E-state index contributed by atoms with van der Waals surface area (Å²) in [5.74, 6) is -0.964. The van der Waals surface area contributed by atoms with Gasteiger partial charge in [-0.3, -0.25) is 4.79 Å². The second-order valence-corrected chi connectivity index (χ2v) is 6.83. The quantitative estimate of drug-likeness (QED) is 0.711. The summed E-state index contributed by atoms with van der Waals surface area (Å²) in [6.45, 7) is 1.98. The number of carboxylic acid groups (broad SMARTS) is 1. The molecule has 0 saturated carbocycles. The lowest BCUT2D eigenvalue weighted by Crippen LogP contribution is -2.41. The van der Waals surface area contributed by atoms with Crippen molar-refractivity contribution in [3.63, 3.8) is 0 Å². The van der Waals surface area contributed by atoms with Gasteiger partial charge in [0.1, 0.15) is 0 Å². The maximum atomic E-state index is 11.9. The summed E-state index contributed by atoms with van der Waals surface area (Å²) >= 11 is 0. The number of sulfonamides is 1. The second kappa shape index (κ2) is 4.91. The SMILES string of the molecule is O=C(O)CCS(=O)(=O)N1CC2CCCNC2C1. The molecule has 0 bridgehead atoms. The molecule has 0 radical (unpaired) electrons. The average Bonchev–Trinajstić information content (AvgIpc) is 2.71. The number of aliphatic carboxylic acids is 1. The van der Waals surface area contributed by atoms with Crippen LogP contribution in [0.25, 0.3) is 0 Å². The van der Waals surface area contributed by atoms with E-state index in [0.29, 0.717) is 19.0 Å². The van der Waals surface area contributed by atoms with Gasteiger partial charge in [-0.25, -0.2) is 12.7 Å². The highest BCUT2D eigenvalue weighted by molar-refractivity contribution is 7.89. The average molecular weight is 262 g/mol. The highest BCUT2D eigenvalue weighted by Crippen LogP contribution is 2.26. The molecule has 2 atom stereocenters. The lowest BCUT2D eigenvalue weighted by Gasteiger charge is -2.24. The van der Waals surface area contributed by atoms with Crippen LogP contribution in [0.1, 0.15) is 19.3 Å². The topological polar surface area (TPSA) is 86.7 Å². The lowest BCUT2D eigenvalue weighted by atomic mass is 9.94. The van der Waals surface area contributed by atoms with E-state index in [1.165, 1.54) is 4.31 Å². The zero-order valence-corrected chi connectivity index (χ0v) is 10.4. The molecule has 17 heavy (non-hydrogen) atoms. The van der Waals surface area contributed by atoms with Gasteiger partial charge in [0.15, 0.2) is 0 Å². The molecule has 0 amide bonds. The number of rotatable bonds is 4. The van der Waals surface area contributed by atoms with Crippen molar-refractivity contribution in [2.75, 3.05) is 25.4 Å². The van der Waals surface area contributed by atoms with Gasteiger partial charge in [-0.05, 0) is 25.3 Å². The largest absolute Gasteiger partial charge is 0.481 e. The van der Waals surface area contributed by atoms with Gasteiger partial charge < -0.3 is 10.4 Å². The summed E-state index contributed by atoms with van der Waals surface area (Å²) in [4.78, 5) is 10.4. The molecule has 6 nitrogen and oxygen atoms in total. The van der Waals surface area contributed by atoms with Crippen LogP contribution >= 0.6 is 0 Å². The molecule has 0 aromatic carbocycles. The zero-order valence-electron chi connectivity index (χ0n) is 9.63. The van der Waals surface area contributed by atoms with E-state index < -0.39 is 16.0 Å². The molecular formula is C10H18N2O4S. The van der Waals surface area contributed by atoms with E-state index in [2.05, 4.69) is 5.32 Å². The molecule has 2 saturated heterocycles. The minimum absolute atomic E-state index is 0.253. The Morgan fingerprint density at radius 2 is 2.18 bits per heavy atom. The van der Waals surface area contributed by atoms with Gasteiger partial charge in [0.2, 0.25) is 10.0 Å². The number of carbonyl (C=O) groups is 1. The van der Waals surface area contributed by atoms with Gasteiger partial charge >= 0.3 is 5.97 Å². The van der Waals surface area contributed by atoms with Gasteiger partial charge in [-0.2, -0.15) is 0 Å². The van der Waals surface area contributed by atoms with E-state index in [1.54, 1.807) is 0 Å². The zero-order chi connectivity index (χ0) is 12.5. The van der Waals surface area contributed by atoms with Crippen molar-refractivity contribution in [3.8, 4) is 0 Å². The summed E-state index contributed by atoms with van der Waals surface area (Å²) < 4.78 is 25.3. The van der Waals surface area contributed by atoms with E-state index in [9.17, 15) is 13.2 Å². The maximum Gasteiger partial charge on any atom is 0.304 e. The predicted molar refractivity (Wildman–Crippen MR) is 62.1 cm³/mol. The van der Waals surface area contributed by atoms with Crippen molar-refractivity contribution < 1.29 is 18.3 Å². The lowest BCUT2D eigenvalue weighted by molar-refractivity contribution is -0.136. The molecule has 2 rings (SSSR count). The van der Waals surface area contributed by atoms with Gasteiger partial charge in [0.05, 0.1) is 12.2 Å². The Bertz CT molecular complexity index is 381. The number of hydrogen-bond donors (Lipinski definition) is 2. The van der Waals surface area contributed by atoms with Crippen molar-refractivity contribution >= 4 is 16.0 Å². The first-order valence-corrected chi connectivity index (χ1v) is 7.53. The Labute approximate surface area is 101 Å². The monoisotopic (exact) mass is 262 g/mol. The highest BCUT2D eigenvalue weighted by atomic mass is 32.2. The van der Waals surface area contributed by atoms with E-state index >= 15 is 0 Å². The van der Waals surface area contributed by atoms with Gasteiger partial charge in [0.25, 0.3) is 0 Å². The van der Waals surface area contributed by atoms with Gasteiger partial charge in [-0.15, -0.1) is 0 Å². The molecule has 0 aromatic rings. The van der Waals surface area contributed by atoms with Crippen LogP contribution in [0, 0.1) is 5.92 Å². The van der Waals surface area contributed by atoms with Crippen LogP contribution in [0.5, 0.6) is 0 Å². The summed E-state index contributed by atoms with van der Waals surface area (Å²) in [6, 6.07) is 0.253. The van der Waals surface area contributed by atoms with Crippen LogP contribution in [0.3, 0.4) is 0 Å². The summed E-state index contributed by atoms with van der Waals surface area (Å²) in [7, 11) is -3.40. The van der Waals surface area contributed by atoms with Crippen LogP contribution in [0.15, 0.2) is 0 Å². The maximum absolute atomic E-state index is 11.9. The number of nitrogens with zero attached hydrogens (tertiary/aromatic N) is 1. The van der Waals surface area contributed by atoms with E-state index in [4.69, 9.17) is 5.11 Å². The number of carboxylic acids is 1. The molecule has 2 unspecified atom stereocenters. The first-order chi connectivity index (χ1) is 7.99. The molecule has 98 valence electrons. The third kappa shape index (κ3) is 2.97. The van der Waals surface area contributed by atoms with Crippen LogP contribution in [-0.2, 0) is 14.8 Å². The Morgan fingerprint density at radius 3 is 2.82 bits per heavy atom. The second-order valence-electron chi connectivity index (χ2n) is 4.74. The molecule has 0 aliphatic carbocycles. The van der Waals surface area contributed by atoms with Gasteiger partial charge in [-0.1, -0.05) is 0 Å². The third-order valence-electron chi connectivity index (χ3n) is 3.53. The van der Waals surface area contributed by atoms with Crippen LogP contribution in [-0.4, -0.2) is 55.2 Å². The standard InChI is InChI=1S/C10H18N2O4S/c13-10(14)3-5-17(15,16)12-6-8-2-1-4-11-9(8)7-12/h8-9,11H,1-7H2,(H,13,14). The van der Waals surface area contributed by atoms with Crippen LogP contribution < -0.4 is 5.32 Å². The molecule has 0 spiro atoms. The molecule has 2 aliphatic rings. The number of fused-ring (bicyclic) bond motifs is 1. The van der Waals surface area contributed by atoms with Crippen molar-refractivity contribution in [2.24, 2.45) is 5.92 Å². The van der Waals surface area contributed by atoms with E-state index in [1.807, 2.05) is 0 Å². The number of hydrogen-bond acceptors (Lipinski definition) is 4. The minimum atomic E-state index is -3.40.